The monoisotopic (exact) mass is 360 g/mol. The Morgan fingerprint density at radius 2 is 2.40 bits per heavy atom. The molecule has 8 heteroatoms. The van der Waals surface area contributed by atoms with Crippen LogP contribution < -0.4 is 5.32 Å². The number of nitrogens with zero attached hydrogens (tertiary/aromatic N) is 3. The number of halogens is 2. The molecule has 0 fully saturated rings. The second kappa shape index (κ2) is 8.81. The predicted octanol–water partition coefficient (Wildman–Crippen LogP) is 3.61. The first-order valence-electron chi connectivity index (χ1n) is 5.96. The Kier molecular flexibility index (Phi) is 7.40. The summed E-state index contributed by atoms with van der Waals surface area (Å²) in [5.41, 5.74) is 8.95. The van der Waals surface area contributed by atoms with Gasteiger partial charge in [0, 0.05) is 27.5 Å². The Hall–Kier alpha value is -1.27. The van der Waals surface area contributed by atoms with Gasteiger partial charge in [-0.1, -0.05) is 38.7 Å². The summed E-state index contributed by atoms with van der Waals surface area (Å²) >= 11 is 9.26. The quantitative estimate of drug-likeness (QED) is 0.264. The van der Waals surface area contributed by atoms with Crippen molar-refractivity contribution >= 4 is 33.5 Å². The molecule has 0 aliphatic rings. The molecule has 108 valence electrons. The van der Waals surface area contributed by atoms with Crippen LogP contribution in [0.3, 0.4) is 0 Å². The number of rotatable bonds is 7. The number of benzene rings is 1. The summed E-state index contributed by atoms with van der Waals surface area (Å²) in [6, 6.07) is 4.51. The second-order valence-electron chi connectivity index (χ2n) is 3.76. The van der Waals surface area contributed by atoms with Gasteiger partial charge in [0.1, 0.15) is 6.04 Å². The van der Waals surface area contributed by atoms with E-state index in [1.807, 2.05) is 0 Å². The fourth-order valence-electron chi connectivity index (χ4n) is 1.59. The number of azide groups is 1. The maximum atomic E-state index is 12.0. The minimum Gasteiger partial charge on any atom is -0.465 e. The van der Waals surface area contributed by atoms with Crippen molar-refractivity contribution in [2.45, 2.75) is 13.0 Å². The number of nitrogens with one attached hydrogen (secondary N) is 1. The van der Waals surface area contributed by atoms with Crippen LogP contribution in [0.1, 0.15) is 18.5 Å². The van der Waals surface area contributed by atoms with E-state index in [0.717, 1.165) is 0 Å². The van der Waals surface area contributed by atoms with Crippen molar-refractivity contribution in [1.29, 1.82) is 0 Å². The molecular formula is C12H14BrClN4O2. The van der Waals surface area contributed by atoms with Crippen LogP contribution >= 0.6 is 27.5 Å². The maximum Gasteiger partial charge on any atom is 0.327 e. The van der Waals surface area contributed by atoms with E-state index >= 15 is 0 Å². The van der Waals surface area contributed by atoms with Crippen molar-refractivity contribution in [3.8, 4) is 0 Å². The van der Waals surface area contributed by atoms with E-state index in [2.05, 4.69) is 31.3 Å². The molecule has 6 nitrogen and oxygen atoms in total. The lowest BCUT2D eigenvalue weighted by Crippen LogP contribution is -2.32. The Balaban J connectivity index is 2.90. The molecule has 0 amide bonds. The zero-order chi connectivity index (χ0) is 15.0. The molecule has 0 heterocycles. The van der Waals surface area contributed by atoms with Crippen LogP contribution in [0, 0.1) is 0 Å². The van der Waals surface area contributed by atoms with Gasteiger partial charge in [0.05, 0.1) is 6.61 Å². The zero-order valence-corrected chi connectivity index (χ0v) is 13.2. The molecule has 0 aromatic heterocycles. The van der Waals surface area contributed by atoms with Crippen LogP contribution in [-0.4, -0.2) is 25.7 Å². The molecule has 1 aromatic carbocycles. The molecule has 0 aliphatic carbocycles. The SMILES string of the molecule is CCOC(=O)C(NCCN=[N+]=[N-])c1ccc(Cl)cc1Br. The lowest BCUT2D eigenvalue weighted by Gasteiger charge is -2.18. The lowest BCUT2D eigenvalue weighted by atomic mass is 10.1. The van der Waals surface area contributed by atoms with Crippen LogP contribution in [-0.2, 0) is 9.53 Å². The number of carbonyl (C=O) groups is 1. The van der Waals surface area contributed by atoms with Gasteiger partial charge < -0.3 is 10.1 Å². The van der Waals surface area contributed by atoms with E-state index in [4.69, 9.17) is 21.9 Å². The van der Waals surface area contributed by atoms with Crippen molar-refractivity contribution in [2.75, 3.05) is 19.7 Å². The van der Waals surface area contributed by atoms with Crippen LogP contribution in [0.2, 0.25) is 5.02 Å². The maximum absolute atomic E-state index is 12.0. The van der Waals surface area contributed by atoms with Gasteiger partial charge in [-0.25, -0.2) is 4.79 Å². The fourth-order valence-corrected chi connectivity index (χ4v) is 2.50. The third-order valence-corrected chi connectivity index (χ3v) is 3.34. The van der Waals surface area contributed by atoms with Gasteiger partial charge in [-0.2, -0.15) is 0 Å². The molecule has 0 spiro atoms. The summed E-state index contributed by atoms with van der Waals surface area (Å²) < 4.78 is 5.75. The highest BCUT2D eigenvalue weighted by Gasteiger charge is 2.23. The highest BCUT2D eigenvalue weighted by molar-refractivity contribution is 9.10. The molecule has 1 rings (SSSR count). The van der Waals surface area contributed by atoms with Gasteiger partial charge in [-0.15, -0.1) is 0 Å². The highest BCUT2D eigenvalue weighted by atomic mass is 79.9. The first-order valence-corrected chi connectivity index (χ1v) is 7.13. The smallest absolute Gasteiger partial charge is 0.327 e. The molecule has 1 atom stereocenters. The third-order valence-electron chi connectivity index (χ3n) is 2.42. The molecule has 0 saturated carbocycles. The van der Waals surface area contributed by atoms with Crippen molar-refractivity contribution < 1.29 is 9.53 Å². The molecular weight excluding hydrogens is 348 g/mol. The fraction of sp³-hybridized carbons (Fsp3) is 0.417. The molecule has 0 bridgehead atoms. The number of ether oxygens (including phenoxy) is 1. The molecule has 0 radical (unpaired) electrons. The van der Waals surface area contributed by atoms with Gasteiger partial charge in [0.15, 0.2) is 0 Å². The summed E-state index contributed by atoms with van der Waals surface area (Å²) in [7, 11) is 0. The van der Waals surface area contributed by atoms with E-state index in [0.29, 0.717) is 28.2 Å². The molecule has 0 saturated heterocycles. The van der Waals surface area contributed by atoms with Gasteiger partial charge in [0.2, 0.25) is 0 Å². The van der Waals surface area contributed by atoms with Crippen LogP contribution in [0.25, 0.3) is 10.4 Å². The van der Waals surface area contributed by atoms with Gasteiger partial charge in [-0.05, 0) is 30.2 Å². The van der Waals surface area contributed by atoms with Gasteiger partial charge in [0.25, 0.3) is 0 Å². The Labute approximate surface area is 130 Å². The average Bonchev–Trinajstić information content (AvgIpc) is 2.40. The van der Waals surface area contributed by atoms with Crippen molar-refractivity contribution in [1.82, 2.24) is 5.32 Å². The Morgan fingerprint density at radius 3 is 3.00 bits per heavy atom. The number of hydrogen-bond acceptors (Lipinski definition) is 4. The minimum absolute atomic E-state index is 0.248. The third kappa shape index (κ3) is 5.02. The van der Waals surface area contributed by atoms with Gasteiger partial charge >= 0.3 is 5.97 Å². The molecule has 1 aromatic rings. The Bertz CT molecular complexity index is 520. The van der Waals surface area contributed by atoms with E-state index in [1.165, 1.54) is 0 Å². The Morgan fingerprint density at radius 1 is 1.65 bits per heavy atom. The zero-order valence-electron chi connectivity index (χ0n) is 10.8. The van der Waals surface area contributed by atoms with E-state index in [1.54, 1.807) is 25.1 Å². The van der Waals surface area contributed by atoms with Crippen molar-refractivity contribution in [3.05, 3.63) is 43.7 Å². The number of carbonyl (C=O) groups excluding carboxylic acids is 1. The standard InChI is InChI=1S/C12H14BrClN4O2/c1-2-20-12(19)11(16-5-6-17-18-15)9-4-3-8(14)7-10(9)13/h3-4,7,11,16H,2,5-6H2,1H3. The summed E-state index contributed by atoms with van der Waals surface area (Å²) in [5, 5.41) is 6.98. The van der Waals surface area contributed by atoms with Crippen molar-refractivity contribution in [2.24, 2.45) is 5.11 Å². The van der Waals surface area contributed by atoms with Crippen LogP contribution in [0.15, 0.2) is 27.8 Å². The minimum atomic E-state index is -0.643. The average molecular weight is 362 g/mol. The molecule has 20 heavy (non-hydrogen) atoms. The van der Waals surface area contributed by atoms with E-state index in [-0.39, 0.29) is 6.54 Å². The van der Waals surface area contributed by atoms with Crippen molar-refractivity contribution in [3.63, 3.8) is 0 Å². The van der Waals surface area contributed by atoms with Crippen LogP contribution in [0.5, 0.6) is 0 Å². The first kappa shape index (κ1) is 16.8. The summed E-state index contributed by atoms with van der Waals surface area (Å²) in [6.45, 7) is 2.64. The second-order valence-corrected chi connectivity index (χ2v) is 5.05. The number of esters is 1. The molecule has 1 N–H and O–H groups in total. The largest absolute Gasteiger partial charge is 0.465 e. The van der Waals surface area contributed by atoms with E-state index < -0.39 is 12.0 Å². The summed E-state index contributed by atoms with van der Waals surface area (Å²) in [6.07, 6.45) is 0. The topological polar surface area (TPSA) is 87.1 Å². The first-order chi connectivity index (χ1) is 9.60. The molecule has 1 unspecified atom stereocenters. The predicted molar refractivity (Wildman–Crippen MR) is 80.5 cm³/mol. The van der Waals surface area contributed by atoms with Crippen LogP contribution in [0.4, 0.5) is 0 Å². The normalized spacial score (nSPS) is 11.6. The molecule has 0 aliphatic heterocycles. The van der Waals surface area contributed by atoms with Gasteiger partial charge in [-0.3, -0.25) is 0 Å². The number of hydrogen-bond donors (Lipinski definition) is 1. The summed E-state index contributed by atoms with van der Waals surface area (Å²) in [5.74, 6) is -0.392. The highest BCUT2D eigenvalue weighted by Crippen LogP contribution is 2.27. The lowest BCUT2D eigenvalue weighted by molar-refractivity contribution is -0.145. The van der Waals surface area contributed by atoms with E-state index in [9.17, 15) is 4.79 Å². The summed E-state index contributed by atoms with van der Waals surface area (Å²) in [4.78, 5) is 14.7.